The lowest BCUT2D eigenvalue weighted by Crippen LogP contribution is -2.43. The molecule has 2 rings (SSSR count). The van der Waals surface area contributed by atoms with Gasteiger partial charge >= 0.3 is 0 Å². The van der Waals surface area contributed by atoms with Gasteiger partial charge in [-0.15, -0.1) is 0 Å². The molecule has 0 aromatic heterocycles. The van der Waals surface area contributed by atoms with Gasteiger partial charge in [0, 0.05) is 28.8 Å². The predicted molar refractivity (Wildman–Crippen MR) is 80.1 cm³/mol. The highest BCUT2D eigenvalue weighted by Crippen LogP contribution is 2.22. The Morgan fingerprint density at radius 3 is 3.06 bits per heavy atom. The normalized spacial score (nSPS) is 19.9. The maximum atomic E-state index is 12.4. The first-order valence-electron chi connectivity index (χ1n) is 5.89. The number of hydrogen-bond donors (Lipinski definition) is 0. The summed E-state index contributed by atoms with van der Waals surface area (Å²) in [6.07, 6.45) is 2.16. The molecule has 1 aliphatic rings. The first-order chi connectivity index (χ1) is 8.61. The summed E-state index contributed by atoms with van der Waals surface area (Å²) in [6, 6.07) is 5.41. The zero-order chi connectivity index (χ0) is 13.1. The van der Waals surface area contributed by atoms with E-state index >= 15 is 0 Å². The van der Waals surface area contributed by atoms with Gasteiger partial charge in [0.2, 0.25) is 0 Å². The number of likely N-dealkylation sites (tertiary alicyclic amines) is 1. The Morgan fingerprint density at radius 2 is 2.33 bits per heavy atom. The van der Waals surface area contributed by atoms with Crippen LogP contribution in [-0.2, 0) is 4.74 Å². The summed E-state index contributed by atoms with van der Waals surface area (Å²) >= 11 is 8.12. The number of carbonyl (C=O) groups is 1. The van der Waals surface area contributed by atoms with Crippen molar-refractivity contribution in [3.8, 4) is 0 Å². The molecule has 1 saturated heterocycles. The fourth-order valence-electron chi connectivity index (χ4n) is 2.15. The zero-order valence-corrected chi connectivity index (χ0v) is 13.1. The van der Waals surface area contributed by atoms with Gasteiger partial charge in [0.25, 0.3) is 5.91 Å². The van der Waals surface area contributed by atoms with E-state index in [2.05, 4.69) is 22.6 Å². The van der Waals surface area contributed by atoms with Gasteiger partial charge in [-0.05, 0) is 53.6 Å². The third-order valence-corrected chi connectivity index (χ3v) is 4.33. The Labute approximate surface area is 126 Å². The van der Waals surface area contributed by atoms with Gasteiger partial charge in [0.15, 0.2) is 0 Å². The highest BCUT2D eigenvalue weighted by molar-refractivity contribution is 14.1. The Kier molecular flexibility index (Phi) is 4.86. The molecule has 3 nitrogen and oxygen atoms in total. The first-order valence-corrected chi connectivity index (χ1v) is 7.34. The van der Waals surface area contributed by atoms with Crippen molar-refractivity contribution in [1.29, 1.82) is 0 Å². The number of methoxy groups -OCH3 is 1. The molecule has 1 fully saturated rings. The largest absolute Gasteiger partial charge is 0.380 e. The number of ether oxygens (including phenoxy) is 1. The molecule has 5 heteroatoms. The van der Waals surface area contributed by atoms with Gasteiger partial charge in [-0.1, -0.05) is 11.6 Å². The van der Waals surface area contributed by atoms with Crippen molar-refractivity contribution in [3.63, 3.8) is 0 Å². The van der Waals surface area contributed by atoms with Crippen LogP contribution in [-0.4, -0.2) is 37.1 Å². The number of rotatable bonds is 2. The molecular formula is C13H15ClINO2. The molecule has 0 radical (unpaired) electrons. The highest BCUT2D eigenvalue weighted by atomic mass is 127. The average Bonchev–Trinajstić information content (AvgIpc) is 2.41. The van der Waals surface area contributed by atoms with Crippen molar-refractivity contribution in [3.05, 3.63) is 32.4 Å². The van der Waals surface area contributed by atoms with Crippen LogP contribution in [0.2, 0.25) is 5.02 Å². The average molecular weight is 380 g/mol. The van der Waals surface area contributed by atoms with Crippen LogP contribution in [0.4, 0.5) is 0 Å². The molecule has 1 amide bonds. The summed E-state index contributed by atoms with van der Waals surface area (Å²) in [5.74, 6) is 0.0450. The van der Waals surface area contributed by atoms with Crippen molar-refractivity contribution < 1.29 is 9.53 Å². The number of carbonyl (C=O) groups excluding carboxylic acids is 1. The topological polar surface area (TPSA) is 29.5 Å². The van der Waals surface area contributed by atoms with E-state index in [0.717, 1.165) is 23.0 Å². The van der Waals surface area contributed by atoms with E-state index in [9.17, 15) is 4.79 Å². The van der Waals surface area contributed by atoms with E-state index in [1.807, 2.05) is 11.0 Å². The first kappa shape index (κ1) is 14.1. The molecule has 0 aliphatic carbocycles. The molecule has 1 heterocycles. The van der Waals surface area contributed by atoms with Crippen molar-refractivity contribution in [1.82, 2.24) is 4.90 Å². The Balaban J connectivity index is 2.17. The minimum absolute atomic E-state index is 0.0450. The van der Waals surface area contributed by atoms with Crippen molar-refractivity contribution >= 4 is 40.1 Å². The summed E-state index contributed by atoms with van der Waals surface area (Å²) in [7, 11) is 1.70. The van der Waals surface area contributed by atoms with Crippen LogP contribution < -0.4 is 0 Å². The number of halogens is 2. The second-order valence-corrected chi connectivity index (χ2v) is 5.97. The van der Waals surface area contributed by atoms with Gasteiger partial charge in [-0.3, -0.25) is 4.79 Å². The number of hydrogen-bond acceptors (Lipinski definition) is 2. The summed E-state index contributed by atoms with van der Waals surface area (Å²) in [6.45, 7) is 1.46. The van der Waals surface area contributed by atoms with Gasteiger partial charge in [-0.25, -0.2) is 0 Å². The molecule has 1 aromatic carbocycles. The molecule has 1 unspecified atom stereocenters. The quantitative estimate of drug-likeness (QED) is 0.739. The Morgan fingerprint density at radius 1 is 1.56 bits per heavy atom. The van der Waals surface area contributed by atoms with Gasteiger partial charge in [-0.2, -0.15) is 0 Å². The monoisotopic (exact) mass is 379 g/mol. The predicted octanol–water partition coefficient (Wildman–Crippen LogP) is 3.20. The molecule has 98 valence electrons. The molecule has 0 N–H and O–H groups in total. The summed E-state index contributed by atoms with van der Waals surface area (Å²) < 4.78 is 6.27. The van der Waals surface area contributed by atoms with Crippen LogP contribution in [0, 0.1) is 3.57 Å². The minimum Gasteiger partial charge on any atom is -0.380 e. The van der Waals surface area contributed by atoms with Crippen LogP contribution in [0.25, 0.3) is 0 Å². The lowest BCUT2D eigenvalue weighted by atomic mass is 10.1. The van der Waals surface area contributed by atoms with Gasteiger partial charge in [0.05, 0.1) is 11.7 Å². The van der Waals surface area contributed by atoms with Gasteiger partial charge < -0.3 is 9.64 Å². The summed E-state index contributed by atoms with van der Waals surface area (Å²) in [4.78, 5) is 14.3. The third kappa shape index (κ3) is 3.16. The van der Waals surface area contributed by atoms with E-state index < -0.39 is 0 Å². The highest BCUT2D eigenvalue weighted by Gasteiger charge is 2.25. The smallest absolute Gasteiger partial charge is 0.255 e. The third-order valence-electron chi connectivity index (χ3n) is 3.16. The van der Waals surface area contributed by atoms with Crippen LogP contribution in [0.5, 0.6) is 0 Å². The van der Waals surface area contributed by atoms with E-state index in [1.54, 1.807) is 19.2 Å². The van der Waals surface area contributed by atoms with Gasteiger partial charge in [0.1, 0.15) is 0 Å². The van der Waals surface area contributed by atoms with Crippen molar-refractivity contribution in [2.24, 2.45) is 0 Å². The SMILES string of the molecule is COC1CCCN(C(=O)c2cc(Cl)ccc2I)C1. The standard InChI is InChI=1S/C13H15ClINO2/c1-18-10-3-2-6-16(8-10)13(17)11-7-9(14)4-5-12(11)15/h4-5,7,10H,2-3,6,8H2,1H3. The molecule has 1 aliphatic heterocycles. The number of piperidine rings is 1. The van der Waals surface area contributed by atoms with Crippen LogP contribution in [0.3, 0.4) is 0 Å². The molecule has 0 saturated carbocycles. The fraction of sp³-hybridized carbons (Fsp3) is 0.462. The molecule has 18 heavy (non-hydrogen) atoms. The van der Waals surface area contributed by atoms with Crippen LogP contribution in [0.15, 0.2) is 18.2 Å². The second-order valence-electron chi connectivity index (χ2n) is 4.38. The minimum atomic E-state index is 0.0450. The van der Waals surface area contributed by atoms with E-state index in [0.29, 0.717) is 17.1 Å². The molecule has 1 aromatic rings. The summed E-state index contributed by atoms with van der Waals surface area (Å²) in [5, 5.41) is 0.596. The van der Waals surface area contributed by atoms with Crippen LogP contribution >= 0.6 is 34.2 Å². The van der Waals surface area contributed by atoms with Crippen molar-refractivity contribution in [2.45, 2.75) is 18.9 Å². The lowest BCUT2D eigenvalue weighted by Gasteiger charge is -2.32. The zero-order valence-electron chi connectivity index (χ0n) is 10.2. The van der Waals surface area contributed by atoms with E-state index in [-0.39, 0.29) is 12.0 Å². The molecule has 0 bridgehead atoms. The second kappa shape index (κ2) is 6.21. The maximum absolute atomic E-state index is 12.4. The molecule has 1 atom stereocenters. The Bertz CT molecular complexity index is 453. The fourth-order valence-corrected chi connectivity index (χ4v) is 2.89. The van der Waals surface area contributed by atoms with E-state index in [1.165, 1.54) is 0 Å². The maximum Gasteiger partial charge on any atom is 0.255 e. The van der Waals surface area contributed by atoms with Crippen LogP contribution in [0.1, 0.15) is 23.2 Å². The molecular weight excluding hydrogens is 365 g/mol. The van der Waals surface area contributed by atoms with Crippen molar-refractivity contribution in [2.75, 3.05) is 20.2 Å². The van der Waals surface area contributed by atoms with E-state index in [4.69, 9.17) is 16.3 Å². The molecule has 0 spiro atoms. The summed E-state index contributed by atoms with van der Waals surface area (Å²) in [5.41, 5.74) is 0.680. The number of nitrogens with zero attached hydrogens (tertiary/aromatic N) is 1. The Hall–Kier alpha value is -0.330. The number of benzene rings is 1. The lowest BCUT2D eigenvalue weighted by molar-refractivity contribution is 0.0268. The number of amides is 1.